The average Bonchev–Trinajstić information content (AvgIpc) is 3.21. The molecule has 0 spiro atoms. The minimum Gasteiger partial charge on any atom is -0.442 e. The van der Waals surface area contributed by atoms with Crippen LogP contribution in [0.25, 0.3) is 0 Å². The predicted molar refractivity (Wildman–Crippen MR) is 129 cm³/mol. The summed E-state index contributed by atoms with van der Waals surface area (Å²) in [6.07, 6.45) is 1.36. The Kier molecular flexibility index (Phi) is 9.36. The van der Waals surface area contributed by atoms with Crippen molar-refractivity contribution in [3.63, 3.8) is 0 Å². The smallest absolute Gasteiger partial charge is 0.414 e. The number of carbonyl (C=O) groups is 3. The second-order valence-corrected chi connectivity index (χ2v) is 9.17. The minimum absolute atomic E-state index is 0.0322. The lowest BCUT2D eigenvalue weighted by molar-refractivity contribution is -0.135. The summed E-state index contributed by atoms with van der Waals surface area (Å²) in [7, 11) is 1.48. The monoisotopic (exact) mass is 497 g/mol. The molecule has 1 aromatic rings. The molecule has 10 nitrogen and oxygen atoms in total. The van der Waals surface area contributed by atoms with Crippen LogP contribution < -0.4 is 20.9 Å². The molecule has 2 aliphatic heterocycles. The van der Waals surface area contributed by atoms with Crippen molar-refractivity contribution in [2.75, 3.05) is 74.8 Å². The van der Waals surface area contributed by atoms with Gasteiger partial charge in [-0.05, 0) is 36.6 Å². The molecule has 3 rings (SSSR count). The highest BCUT2D eigenvalue weighted by molar-refractivity contribution is 7.98. The quantitative estimate of drug-likeness (QED) is 0.484. The van der Waals surface area contributed by atoms with Crippen LogP contribution in [0, 0.1) is 5.82 Å². The number of hydrogen-bond acceptors (Lipinski definition) is 8. The first kappa shape index (κ1) is 26.0. The number of nitrogens with one attached hydrogen (secondary N) is 1. The summed E-state index contributed by atoms with van der Waals surface area (Å²) in [5.41, 5.74) is 6.64. The van der Waals surface area contributed by atoms with E-state index in [1.54, 1.807) is 28.8 Å². The number of thioether (sulfide) groups is 1. The summed E-state index contributed by atoms with van der Waals surface area (Å²) in [6.45, 7) is 2.33. The van der Waals surface area contributed by atoms with Crippen LogP contribution in [-0.4, -0.2) is 99.9 Å². The number of carbonyl (C=O) groups excluding carboxylic acids is 3. The molecule has 1 unspecified atom stereocenters. The molecule has 3 amide bonds. The molecule has 2 saturated heterocycles. The minimum atomic E-state index is -0.609. The molecule has 3 N–H and O–H groups in total. The highest BCUT2D eigenvalue weighted by Crippen LogP contribution is 2.28. The summed E-state index contributed by atoms with van der Waals surface area (Å²) < 4.78 is 25.1. The molecule has 0 bridgehead atoms. The van der Waals surface area contributed by atoms with Gasteiger partial charge in [-0.25, -0.2) is 9.18 Å². The van der Waals surface area contributed by atoms with Gasteiger partial charge in [0.15, 0.2) is 0 Å². The highest BCUT2D eigenvalue weighted by atomic mass is 32.2. The Labute approximate surface area is 202 Å². The lowest BCUT2D eigenvalue weighted by atomic mass is 10.2. The molecule has 2 atom stereocenters. The summed E-state index contributed by atoms with van der Waals surface area (Å²) in [5, 5.41) is 2.72. The lowest BCUT2D eigenvalue weighted by Crippen LogP contribution is -2.50. The topological polar surface area (TPSA) is 117 Å². The second kappa shape index (κ2) is 12.2. The van der Waals surface area contributed by atoms with E-state index in [0.717, 1.165) is 5.75 Å². The maximum absolute atomic E-state index is 14.9. The van der Waals surface area contributed by atoms with Crippen molar-refractivity contribution in [1.29, 1.82) is 0 Å². The van der Waals surface area contributed by atoms with Crippen molar-refractivity contribution in [2.45, 2.75) is 18.6 Å². The number of nitrogens with zero attached hydrogens (tertiary/aromatic N) is 3. The fraction of sp³-hybridized carbons (Fsp3) is 0.591. The Morgan fingerprint density at radius 1 is 1.32 bits per heavy atom. The summed E-state index contributed by atoms with van der Waals surface area (Å²) >= 11 is 1.61. The van der Waals surface area contributed by atoms with Gasteiger partial charge in [-0.1, -0.05) is 0 Å². The van der Waals surface area contributed by atoms with E-state index in [1.165, 1.54) is 18.1 Å². The number of hydrogen-bond donors (Lipinski definition) is 2. The maximum Gasteiger partial charge on any atom is 0.414 e. The van der Waals surface area contributed by atoms with Crippen LogP contribution >= 0.6 is 11.8 Å². The molecule has 2 fully saturated rings. The predicted octanol–water partition coefficient (Wildman–Crippen LogP) is 0.643. The largest absolute Gasteiger partial charge is 0.442 e. The molecule has 0 saturated carbocycles. The second-order valence-electron chi connectivity index (χ2n) is 8.19. The number of amides is 3. The Bertz CT molecular complexity index is 883. The van der Waals surface area contributed by atoms with E-state index >= 15 is 0 Å². The third kappa shape index (κ3) is 6.51. The Hall–Kier alpha value is -2.57. The third-order valence-electron chi connectivity index (χ3n) is 5.83. The van der Waals surface area contributed by atoms with Crippen molar-refractivity contribution >= 4 is 41.0 Å². The molecule has 1 aromatic carbocycles. The normalized spacial score (nSPS) is 19.2. The van der Waals surface area contributed by atoms with Crippen LogP contribution in [0.1, 0.15) is 6.42 Å². The van der Waals surface area contributed by atoms with Gasteiger partial charge in [0.05, 0.1) is 30.5 Å². The SMILES string of the molecule is COCC(=O)N1CCN(c2ccc(N3CC(CNC(=O)[C@@H](N)CCSC)OC3=O)cc2F)CC1. The average molecular weight is 498 g/mol. The van der Waals surface area contributed by atoms with E-state index in [4.69, 9.17) is 15.2 Å². The van der Waals surface area contributed by atoms with Crippen molar-refractivity contribution in [3.05, 3.63) is 24.0 Å². The van der Waals surface area contributed by atoms with E-state index in [-0.39, 0.29) is 31.5 Å². The van der Waals surface area contributed by atoms with E-state index < -0.39 is 24.1 Å². The van der Waals surface area contributed by atoms with Crippen molar-refractivity contribution in [1.82, 2.24) is 10.2 Å². The zero-order valence-corrected chi connectivity index (χ0v) is 20.3. The van der Waals surface area contributed by atoms with Crippen LogP contribution in [0.3, 0.4) is 0 Å². The first-order chi connectivity index (χ1) is 16.3. The number of piperazine rings is 1. The molecule has 34 heavy (non-hydrogen) atoms. The van der Waals surface area contributed by atoms with Gasteiger partial charge in [-0.3, -0.25) is 14.5 Å². The summed E-state index contributed by atoms with van der Waals surface area (Å²) in [5.74, 6) is -0.0519. The van der Waals surface area contributed by atoms with Gasteiger partial charge in [0.2, 0.25) is 11.8 Å². The Morgan fingerprint density at radius 3 is 2.71 bits per heavy atom. The highest BCUT2D eigenvalue weighted by Gasteiger charge is 2.33. The molecule has 0 aliphatic carbocycles. The van der Waals surface area contributed by atoms with Crippen molar-refractivity contribution in [3.8, 4) is 0 Å². The first-order valence-corrected chi connectivity index (χ1v) is 12.5. The molecule has 0 radical (unpaired) electrons. The molecule has 0 aromatic heterocycles. The van der Waals surface area contributed by atoms with Crippen LogP contribution in [0.5, 0.6) is 0 Å². The van der Waals surface area contributed by atoms with Gasteiger partial charge in [-0.2, -0.15) is 11.8 Å². The number of cyclic esters (lactones) is 1. The molecule has 188 valence electrons. The van der Waals surface area contributed by atoms with Crippen LogP contribution in [0.15, 0.2) is 18.2 Å². The van der Waals surface area contributed by atoms with Crippen LogP contribution in [0.2, 0.25) is 0 Å². The van der Waals surface area contributed by atoms with Gasteiger partial charge >= 0.3 is 6.09 Å². The van der Waals surface area contributed by atoms with Crippen LogP contribution in [-0.2, 0) is 19.1 Å². The molecular weight excluding hydrogens is 465 g/mol. The number of anilines is 2. The van der Waals surface area contributed by atoms with E-state index in [9.17, 15) is 18.8 Å². The lowest BCUT2D eigenvalue weighted by Gasteiger charge is -2.36. The molecule has 2 heterocycles. The van der Waals surface area contributed by atoms with Gasteiger partial charge in [0.1, 0.15) is 18.5 Å². The molecule has 12 heteroatoms. The number of rotatable bonds is 10. The third-order valence-corrected chi connectivity index (χ3v) is 6.48. The fourth-order valence-electron chi connectivity index (χ4n) is 3.89. The number of halogens is 1. The van der Waals surface area contributed by atoms with E-state index in [1.807, 2.05) is 11.2 Å². The van der Waals surface area contributed by atoms with Gasteiger partial charge in [0.25, 0.3) is 0 Å². The molecule has 2 aliphatic rings. The number of nitrogens with two attached hydrogens (primary N) is 1. The first-order valence-electron chi connectivity index (χ1n) is 11.2. The Balaban J connectivity index is 1.54. The molecular formula is C22H32FN5O5S. The summed E-state index contributed by atoms with van der Waals surface area (Å²) in [4.78, 5) is 41.3. The zero-order chi connectivity index (χ0) is 24.7. The fourth-order valence-corrected chi connectivity index (χ4v) is 4.38. The number of ether oxygens (including phenoxy) is 2. The van der Waals surface area contributed by atoms with Gasteiger partial charge in [-0.15, -0.1) is 0 Å². The summed E-state index contributed by atoms with van der Waals surface area (Å²) in [6, 6.07) is 3.99. The Morgan fingerprint density at radius 2 is 2.06 bits per heavy atom. The van der Waals surface area contributed by atoms with Crippen molar-refractivity contribution in [2.24, 2.45) is 5.73 Å². The maximum atomic E-state index is 14.9. The van der Waals surface area contributed by atoms with Gasteiger partial charge < -0.3 is 30.3 Å². The van der Waals surface area contributed by atoms with Crippen molar-refractivity contribution < 1.29 is 28.2 Å². The van der Waals surface area contributed by atoms with Crippen LogP contribution in [0.4, 0.5) is 20.6 Å². The standard InChI is InChI=1S/C22H32FN5O5S/c1-32-14-20(29)27-8-6-26(7-9-27)19-4-3-15(11-17(19)23)28-13-16(33-22(28)31)12-25-21(30)18(24)5-10-34-2/h3-4,11,16,18H,5-10,12-14,24H2,1-2H3,(H,25,30)/t16?,18-/m0/s1. The number of methoxy groups -OCH3 is 1. The van der Waals surface area contributed by atoms with E-state index in [0.29, 0.717) is 44.0 Å². The zero-order valence-electron chi connectivity index (χ0n) is 19.5. The van der Waals surface area contributed by atoms with E-state index in [2.05, 4.69) is 5.32 Å². The van der Waals surface area contributed by atoms with Gasteiger partial charge in [0, 0.05) is 33.3 Å². The number of benzene rings is 1.